The molecule has 0 saturated heterocycles. The lowest BCUT2D eigenvalue weighted by Gasteiger charge is -2.04. The lowest BCUT2D eigenvalue weighted by atomic mass is 10.0. The SMILES string of the molecule is CCCC(C)C[CH]I. The van der Waals surface area contributed by atoms with Gasteiger partial charge in [-0.2, -0.15) is 0 Å². The van der Waals surface area contributed by atoms with E-state index in [0.717, 1.165) is 5.92 Å². The minimum absolute atomic E-state index is 0.900. The summed E-state index contributed by atoms with van der Waals surface area (Å²) in [4.78, 5) is 0. The molecule has 0 aromatic rings. The van der Waals surface area contributed by atoms with Crippen molar-refractivity contribution in [2.75, 3.05) is 0 Å². The predicted molar refractivity (Wildman–Crippen MR) is 47.0 cm³/mol. The van der Waals surface area contributed by atoms with Crippen LogP contribution >= 0.6 is 22.6 Å². The molecule has 0 spiro atoms. The first kappa shape index (κ1) is 8.73. The van der Waals surface area contributed by atoms with Crippen LogP contribution < -0.4 is 0 Å². The Morgan fingerprint density at radius 1 is 1.62 bits per heavy atom. The summed E-state index contributed by atoms with van der Waals surface area (Å²) in [5.41, 5.74) is 0. The molecule has 0 heterocycles. The molecular weight excluding hydrogens is 211 g/mol. The van der Waals surface area contributed by atoms with Gasteiger partial charge < -0.3 is 0 Å². The average Bonchev–Trinajstić information content (AvgIpc) is 1.68. The highest BCUT2D eigenvalue weighted by Gasteiger charge is 1.96. The first-order chi connectivity index (χ1) is 3.81. The second-order valence-electron chi connectivity index (χ2n) is 2.28. The van der Waals surface area contributed by atoms with Gasteiger partial charge in [0.25, 0.3) is 0 Å². The highest BCUT2D eigenvalue weighted by Crippen LogP contribution is 2.13. The molecule has 1 heteroatoms. The fraction of sp³-hybridized carbons (Fsp3) is 0.857. The van der Waals surface area contributed by atoms with Crippen LogP contribution in [0, 0.1) is 10.3 Å². The normalized spacial score (nSPS) is 13.9. The molecular formula is C7H14I. The van der Waals surface area contributed by atoms with Crippen molar-refractivity contribution in [2.24, 2.45) is 5.92 Å². The zero-order valence-electron chi connectivity index (χ0n) is 5.65. The molecule has 1 atom stereocenters. The molecule has 0 N–H and O–H groups in total. The van der Waals surface area contributed by atoms with Gasteiger partial charge in [0, 0.05) is 4.43 Å². The zero-order valence-corrected chi connectivity index (χ0v) is 7.81. The van der Waals surface area contributed by atoms with Gasteiger partial charge in [0.15, 0.2) is 0 Å². The maximum Gasteiger partial charge on any atom is 0.0230 e. The Balaban J connectivity index is 2.92. The van der Waals surface area contributed by atoms with Crippen LogP contribution in [-0.4, -0.2) is 0 Å². The van der Waals surface area contributed by atoms with Crippen LogP contribution in [0.25, 0.3) is 0 Å². The van der Waals surface area contributed by atoms with Crippen molar-refractivity contribution in [3.05, 3.63) is 4.43 Å². The van der Waals surface area contributed by atoms with Crippen molar-refractivity contribution in [2.45, 2.75) is 33.1 Å². The summed E-state index contributed by atoms with van der Waals surface area (Å²) in [5.74, 6) is 0.900. The number of rotatable bonds is 4. The Hall–Kier alpha value is 0.730. The van der Waals surface area contributed by atoms with Gasteiger partial charge in [-0.25, -0.2) is 0 Å². The van der Waals surface area contributed by atoms with Crippen molar-refractivity contribution in [3.63, 3.8) is 0 Å². The molecule has 0 rings (SSSR count). The summed E-state index contributed by atoms with van der Waals surface area (Å²) in [6.07, 6.45) is 3.97. The molecule has 0 aromatic carbocycles. The Kier molecular flexibility index (Phi) is 6.39. The molecule has 0 amide bonds. The first-order valence-electron chi connectivity index (χ1n) is 3.23. The van der Waals surface area contributed by atoms with Gasteiger partial charge in [-0.05, 0) is 12.3 Å². The molecule has 0 aliphatic carbocycles. The number of halogens is 1. The highest BCUT2D eigenvalue weighted by molar-refractivity contribution is 14.1. The van der Waals surface area contributed by atoms with Crippen LogP contribution in [0.1, 0.15) is 33.1 Å². The number of hydrogen-bond acceptors (Lipinski definition) is 0. The lowest BCUT2D eigenvalue weighted by Crippen LogP contribution is -1.90. The van der Waals surface area contributed by atoms with E-state index in [1.165, 1.54) is 19.3 Å². The Morgan fingerprint density at radius 2 is 2.25 bits per heavy atom. The van der Waals surface area contributed by atoms with E-state index < -0.39 is 0 Å². The summed E-state index contributed by atoms with van der Waals surface area (Å²) in [7, 11) is 0. The van der Waals surface area contributed by atoms with Crippen LogP contribution in [-0.2, 0) is 0 Å². The van der Waals surface area contributed by atoms with E-state index in [2.05, 4.69) is 40.9 Å². The second-order valence-corrected chi connectivity index (χ2v) is 3.16. The summed E-state index contributed by atoms with van der Waals surface area (Å²) in [6.45, 7) is 4.54. The van der Waals surface area contributed by atoms with Crippen molar-refractivity contribution < 1.29 is 0 Å². The zero-order chi connectivity index (χ0) is 6.41. The van der Waals surface area contributed by atoms with Crippen molar-refractivity contribution >= 4 is 22.6 Å². The van der Waals surface area contributed by atoms with Crippen molar-refractivity contribution in [1.29, 1.82) is 0 Å². The average molecular weight is 225 g/mol. The van der Waals surface area contributed by atoms with Gasteiger partial charge >= 0.3 is 0 Å². The van der Waals surface area contributed by atoms with E-state index in [-0.39, 0.29) is 0 Å². The van der Waals surface area contributed by atoms with E-state index in [4.69, 9.17) is 0 Å². The molecule has 0 aliphatic heterocycles. The molecule has 1 unspecified atom stereocenters. The van der Waals surface area contributed by atoms with Gasteiger partial charge in [-0.15, -0.1) is 0 Å². The molecule has 0 saturated carbocycles. The second kappa shape index (κ2) is 5.86. The maximum atomic E-state index is 2.32. The van der Waals surface area contributed by atoms with Gasteiger partial charge in [0.1, 0.15) is 0 Å². The third-order valence-electron chi connectivity index (χ3n) is 1.27. The van der Waals surface area contributed by atoms with E-state index in [0.29, 0.717) is 0 Å². The molecule has 1 radical (unpaired) electrons. The molecule has 0 nitrogen and oxygen atoms in total. The van der Waals surface area contributed by atoms with Crippen LogP contribution in [0.5, 0.6) is 0 Å². The minimum atomic E-state index is 0.900. The van der Waals surface area contributed by atoms with Crippen LogP contribution in [0.15, 0.2) is 0 Å². The lowest BCUT2D eigenvalue weighted by molar-refractivity contribution is 0.529. The highest BCUT2D eigenvalue weighted by atomic mass is 127. The van der Waals surface area contributed by atoms with Crippen molar-refractivity contribution in [1.82, 2.24) is 0 Å². The van der Waals surface area contributed by atoms with Gasteiger partial charge in [-0.3, -0.25) is 0 Å². The summed E-state index contributed by atoms with van der Waals surface area (Å²) >= 11 is 2.32. The summed E-state index contributed by atoms with van der Waals surface area (Å²) < 4.78 is 2.22. The minimum Gasteiger partial charge on any atom is -0.0815 e. The molecule has 0 aliphatic rings. The third kappa shape index (κ3) is 4.88. The largest absolute Gasteiger partial charge is 0.0815 e. The van der Waals surface area contributed by atoms with E-state index in [1.807, 2.05) is 0 Å². The molecule has 0 aromatic heterocycles. The standard InChI is InChI=1S/C7H14I/c1-3-4-7(2)5-6-8/h6-7H,3-5H2,1-2H3. The number of hydrogen-bond donors (Lipinski definition) is 0. The Morgan fingerprint density at radius 3 is 2.62 bits per heavy atom. The fourth-order valence-corrected chi connectivity index (χ4v) is 1.63. The van der Waals surface area contributed by atoms with Crippen LogP contribution in [0.3, 0.4) is 0 Å². The van der Waals surface area contributed by atoms with E-state index in [9.17, 15) is 0 Å². The quantitative estimate of drug-likeness (QED) is 0.643. The van der Waals surface area contributed by atoms with E-state index >= 15 is 0 Å². The van der Waals surface area contributed by atoms with Gasteiger partial charge in [0.05, 0.1) is 0 Å². The Bertz CT molecular complexity index is 37.7. The topological polar surface area (TPSA) is 0 Å². The monoisotopic (exact) mass is 225 g/mol. The molecule has 0 fully saturated rings. The maximum absolute atomic E-state index is 2.32. The van der Waals surface area contributed by atoms with Gasteiger partial charge in [0.2, 0.25) is 0 Å². The van der Waals surface area contributed by atoms with E-state index in [1.54, 1.807) is 0 Å². The van der Waals surface area contributed by atoms with Gasteiger partial charge in [-0.1, -0.05) is 49.3 Å². The Labute approximate surface area is 66.2 Å². The third-order valence-corrected chi connectivity index (χ3v) is 1.78. The smallest absolute Gasteiger partial charge is 0.0230 e. The summed E-state index contributed by atoms with van der Waals surface area (Å²) in [5, 5.41) is 0. The summed E-state index contributed by atoms with van der Waals surface area (Å²) in [6, 6.07) is 0. The molecule has 0 bridgehead atoms. The predicted octanol–water partition coefficient (Wildman–Crippen LogP) is 3.41. The fourth-order valence-electron chi connectivity index (χ4n) is 0.763. The van der Waals surface area contributed by atoms with Crippen LogP contribution in [0.4, 0.5) is 0 Å². The molecule has 8 heavy (non-hydrogen) atoms. The molecule has 49 valence electrons. The first-order valence-corrected chi connectivity index (χ1v) is 4.47. The van der Waals surface area contributed by atoms with Crippen molar-refractivity contribution in [3.8, 4) is 0 Å². The van der Waals surface area contributed by atoms with Crippen LogP contribution in [0.2, 0.25) is 0 Å².